The largest absolute Gasteiger partial charge is 0.487 e. The van der Waals surface area contributed by atoms with E-state index < -0.39 is 0 Å². The van der Waals surface area contributed by atoms with Gasteiger partial charge in [-0.1, -0.05) is 6.07 Å². The van der Waals surface area contributed by atoms with Crippen molar-refractivity contribution < 1.29 is 9.53 Å². The zero-order chi connectivity index (χ0) is 20.9. The second kappa shape index (κ2) is 8.91. The fourth-order valence-corrected chi connectivity index (χ4v) is 3.58. The summed E-state index contributed by atoms with van der Waals surface area (Å²) in [4.78, 5) is 28.9. The van der Waals surface area contributed by atoms with Crippen LogP contribution in [0.3, 0.4) is 0 Å². The van der Waals surface area contributed by atoms with E-state index in [0.717, 1.165) is 10.7 Å². The molecule has 0 aliphatic heterocycles. The third-order valence-electron chi connectivity index (χ3n) is 4.49. The monoisotopic (exact) mass is 423 g/mol. The third kappa shape index (κ3) is 4.57. The SMILES string of the molecule is Cc1nc(COc2ccc(C(=O)NCCCn3nc4ccccn4c3=O)cc2)cs1. The van der Waals surface area contributed by atoms with Gasteiger partial charge in [0.25, 0.3) is 5.91 Å². The fourth-order valence-electron chi connectivity index (χ4n) is 2.98. The quantitative estimate of drug-likeness (QED) is 0.440. The molecular weight excluding hydrogens is 402 g/mol. The minimum Gasteiger partial charge on any atom is -0.487 e. The van der Waals surface area contributed by atoms with E-state index in [1.165, 1.54) is 9.08 Å². The molecule has 1 amide bonds. The van der Waals surface area contributed by atoms with E-state index in [-0.39, 0.29) is 11.6 Å². The summed E-state index contributed by atoms with van der Waals surface area (Å²) in [5.41, 5.74) is 1.87. The van der Waals surface area contributed by atoms with Crippen LogP contribution in [0.1, 0.15) is 27.5 Å². The van der Waals surface area contributed by atoms with Gasteiger partial charge in [-0.15, -0.1) is 16.4 Å². The lowest BCUT2D eigenvalue weighted by atomic mass is 10.2. The van der Waals surface area contributed by atoms with Crippen LogP contribution in [0, 0.1) is 6.92 Å². The molecule has 0 fully saturated rings. The Hall–Kier alpha value is -3.46. The van der Waals surface area contributed by atoms with Gasteiger partial charge in [-0.2, -0.15) is 0 Å². The number of rotatable bonds is 8. The average Bonchev–Trinajstić information content (AvgIpc) is 3.33. The Kier molecular flexibility index (Phi) is 5.89. The molecule has 1 N–H and O–H groups in total. The van der Waals surface area contributed by atoms with E-state index in [4.69, 9.17) is 4.74 Å². The standard InChI is InChI=1S/C21H21N5O3S/c1-15-23-17(14-30-15)13-29-18-8-6-16(7-9-18)20(27)22-10-4-12-26-21(28)25-11-3-2-5-19(25)24-26/h2-3,5-9,11,14H,4,10,12-13H2,1H3,(H,22,27). The number of aromatic nitrogens is 4. The van der Waals surface area contributed by atoms with Gasteiger partial charge in [-0.3, -0.25) is 9.20 Å². The molecule has 3 aromatic heterocycles. The van der Waals surface area contributed by atoms with Crippen LogP contribution in [-0.2, 0) is 13.2 Å². The number of hydrogen-bond acceptors (Lipinski definition) is 6. The Labute approximate surface area is 176 Å². The number of nitrogens with one attached hydrogen (secondary N) is 1. The summed E-state index contributed by atoms with van der Waals surface area (Å²) >= 11 is 1.59. The van der Waals surface area contributed by atoms with Crippen molar-refractivity contribution in [1.82, 2.24) is 24.5 Å². The summed E-state index contributed by atoms with van der Waals surface area (Å²) < 4.78 is 8.61. The van der Waals surface area contributed by atoms with Crippen LogP contribution in [0.25, 0.3) is 5.65 Å². The summed E-state index contributed by atoms with van der Waals surface area (Å²) in [5.74, 6) is 0.516. The van der Waals surface area contributed by atoms with Gasteiger partial charge in [0.05, 0.1) is 10.7 Å². The highest BCUT2D eigenvalue weighted by Crippen LogP contribution is 2.15. The number of nitrogens with zero attached hydrogens (tertiary/aromatic N) is 4. The molecule has 4 aromatic rings. The molecule has 0 radical (unpaired) electrons. The maximum Gasteiger partial charge on any atom is 0.350 e. The van der Waals surface area contributed by atoms with Crippen molar-refractivity contribution in [3.8, 4) is 5.75 Å². The lowest BCUT2D eigenvalue weighted by molar-refractivity contribution is 0.0952. The molecule has 0 bridgehead atoms. The zero-order valence-electron chi connectivity index (χ0n) is 16.4. The number of carbonyl (C=O) groups is 1. The highest BCUT2D eigenvalue weighted by atomic mass is 32.1. The number of aryl methyl sites for hydroxylation is 2. The number of amides is 1. The Bertz CT molecular complexity index is 1210. The van der Waals surface area contributed by atoms with Crippen molar-refractivity contribution in [3.63, 3.8) is 0 Å². The zero-order valence-corrected chi connectivity index (χ0v) is 17.3. The highest BCUT2D eigenvalue weighted by Gasteiger charge is 2.08. The molecule has 0 spiro atoms. The lowest BCUT2D eigenvalue weighted by Crippen LogP contribution is -2.27. The number of benzene rings is 1. The van der Waals surface area contributed by atoms with Crippen molar-refractivity contribution in [2.75, 3.05) is 6.54 Å². The topological polar surface area (TPSA) is 90.5 Å². The minimum absolute atomic E-state index is 0.168. The first kappa shape index (κ1) is 19.8. The number of fused-ring (bicyclic) bond motifs is 1. The number of ether oxygens (including phenoxy) is 1. The number of hydrogen-bond donors (Lipinski definition) is 1. The van der Waals surface area contributed by atoms with E-state index in [1.54, 1.807) is 53.9 Å². The first-order chi connectivity index (χ1) is 14.6. The molecule has 3 heterocycles. The van der Waals surface area contributed by atoms with Crippen molar-refractivity contribution in [3.05, 3.63) is 80.8 Å². The van der Waals surface area contributed by atoms with Gasteiger partial charge < -0.3 is 10.1 Å². The summed E-state index contributed by atoms with van der Waals surface area (Å²) in [6, 6.07) is 12.4. The van der Waals surface area contributed by atoms with Gasteiger partial charge in [0.15, 0.2) is 5.65 Å². The first-order valence-corrected chi connectivity index (χ1v) is 10.4. The van der Waals surface area contributed by atoms with Gasteiger partial charge >= 0.3 is 5.69 Å². The Balaban J connectivity index is 1.24. The summed E-state index contributed by atoms with van der Waals surface area (Å²) in [5, 5.41) is 10.1. The Morgan fingerprint density at radius 2 is 2.03 bits per heavy atom. The van der Waals surface area contributed by atoms with Gasteiger partial charge in [-0.05, 0) is 49.7 Å². The maximum absolute atomic E-state index is 12.3. The second-order valence-electron chi connectivity index (χ2n) is 6.71. The smallest absolute Gasteiger partial charge is 0.350 e. The van der Waals surface area contributed by atoms with Crippen LogP contribution in [0.4, 0.5) is 0 Å². The first-order valence-electron chi connectivity index (χ1n) is 9.56. The normalized spacial score (nSPS) is 11.0. The van der Waals surface area contributed by atoms with Gasteiger partial charge in [-0.25, -0.2) is 14.5 Å². The van der Waals surface area contributed by atoms with Crippen LogP contribution in [0.2, 0.25) is 0 Å². The molecule has 0 saturated heterocycles. The molecule has 30 heavy (non-hydrogen) atoms. The Morgan fingerprint density at radius 3 is 2.77 bits per heavy atom. The van der Waals surface area contributed by atoms with Crippen molar-refractivity contribution in [1.29, 1.82) is 0 Å². The summed E-state index contributed by atoms with van der Waals surface area (Å²) in [6.45, 7) is 3.24. The molecule has 154 valence electrons. The summed E-state index contributed by atoms with van der Waals surface area (Å²) in [6.07, 6.45) is 2.29. The highest BCUT2D eigenvalue weighted by molar-refractivity contribution is 7.09. The predicted molar refractivity (Wildman–Crippen MR) is 114 cm³/mol. The molecule has 0 atom stereocenters. The minimum atomic E-state index is -0.180. The van der Waals surface area contributed by atoms with E-state index in [9.17, 15) is 9.59 Å². The van der Waals surface area contributed by atoms with E-state index in [1.807, 2.05) is 18.4 Å². The van der Waals surface area contributed by atoms with E-state index >= 15 is 0 Å². The fraction of sp³-hybridized carbons (Fsp3) is 0.238. The number of carbonyl (C=O) groups excluding carboxylic acids is 1. The molecule has 0 saturated carbocycles. The molecule has 0 unspecified atom stereocenters. The second-order valence-corrected chi connectivity index (χ2v) is 7.78. The predicted octanol–water partition coefficient (Wildman–Crippen LogP) is 2.66. The maximum atomic E-state index is 12.3. The van der Waals surface area contributed by atoms with Gasteiger partial charge in [0.2, 0.25) is 0 Å². The third-order valence-corrected chi connectivity index (χ3v) is 5.31. The Morgan fingerprint density at radius 1 is 1.20 bits per heavy atom. The molecule has 4 rings (SSSR count). The molecular formula is C21H21N5O3S. The van der Waals surface area contributed by atoms with Crippen LogP contribution in [-0.4, -0.2) is 31.6 Å². The molecule has 1 aromatic carbocycles. The molecule has 0 aliphatic carbocycles. The van der Waals surface area contributed by atoms with Crippen molar-refractivity contribution in [2.45, 2.75) is 26.5 Å². The van der Waals surface area contributed by atoms with Crippen LogP contribution in [0.15, 0.2) is 58.8 Å². The molecule has 9 heteroatoms. The van der Waals surface area contributed by atoms with Crippen molar-refractivity contribution >= 4 is 22.9 Å². The lowest BCUT2D eigenvalue weighted by Gasteiger charge is -2.07. The summed E-state index contributed by atoms with van der Waals surface area (Å²) in [7, 11) is 0. The number of thiazole rings is 1. The van der Waals surface area contributed by atoms with Crippen LogP contribution >= 0.6 is 11.3 Å². The molecule has 8 nitrogen and oxygen atoms in total. The van der Waals surface area contributed by atoms with Gasteiger partial charge in [0.1, 0.15) is 12.4 Å². The van der Waals surface area contributed by atoms with Crippen molar-refractivity contribution in [2.24, 2.45) is 0 Å². The van der Waals surface area contributed by atoms with Crippen LogP contribution in [0.5, 0.6) is 5.75 Å². The van der Waals surface area contributed by atoms with Gasteiger partial charge in [0, 0.05) is 30.2 Å². The number of pyridine rings is 1. The van der Waals surface area contributed by atoms with E-state index in [2.05, 4.69) is 15.4 Å². The molecule has 0 aliphatic rings. The van der Waals surface area contributed by atoms with Crippen LogP contribution < -0.4 is 15.7 Å². The van der Waals surface area contributed by atoms with E-state index in [0.29, 0.717) is 43.1 Å². The average molecular weight is 423 g/mol.